The molecule has 3 nitrogen and oxygen atoms in total. The number of hydrogen-bond donors (Lipinski definition) is 1. The zero-order chi connectivity index (χ0) is 14.7. The van der Waals surface area contributed by atoms with Gasteiger partial charge in [-0.25, -0.2) is 4.39 Å². The summed E-state index contributed by atoms with van der Waals surface area (Å²) in [6.45, 7) is 5.57. The molecule has 0 unspecified atom stereocenters. The number of benzene rings is 1. The molecule has 1 N–H and O–H groups in total. The maximum atomic E-state index is 13.8. The van der Waals surface area contributed by atoms with Crippen molar-refractivity contribution in [3.05, 3.63) is 34.6 Å². The molecule has 1 atom stereocenters. The van der Waals surface area contributed by atoms with Gasteiger partial charge in [0.15, 0.2) is 0 Å². The average molecular weight is 386 g/mol. The van der Waals surface area contributed by atoms with Crippen molar-refractivity contribution in [2.75, 3.05) is 39.4 Å². The molecule has 0 bridgehead atoms. The van der Waals surface area contributed by atoms with E-state index in [1.807, 2.05) is 6.07 Å². The number of halogens is 4. The quantitative estimate of drug-likeness (QED) is 0.858. The van der Waals surface area contributed by atoms with Crippen molar-refractivity contribution in [2.24, 2.45) is 5.92 Å². The summed E-state index contributed by atoms with van der Waals surface area (Å²) in [5.41, 5.74) is 1.01. The third kappa shape index (κ3) is 5.45. The van der Waals surface area contributed by atoms with Crippen LogP contribution in [0.5, 0.6) is 0 Å². The molecule has 23 heavy (non-hydrogen) atoms. The van der Waals surface area contributed by atoms with Crippen LogP contribution in [0.2, 0.25) is 5.02 Å². The van der Waals surface area contributed by atoms with Gasteiger partial charge in [0.05, 0.1) is 0 Å². The largest absolute Gasteiger partial charge is 0.381 e. The molecule has 2 aliphatic heterocycles. The molecule has 132 valence electrons. The van der Waals surface area contributed by atoms with E-state index in [-0.39, 0.29) is 36.7 Å². The Labute approximate surface area is 154 Å². The van der Waals surface area contributed by atoms with E-state index in [1.165, 1.54) is 6.07 Å². The third-order valence-corrected chi connectivity index (χ3v) is 4.70. The Morgan fingerprint density at radius 2 is 1.78 bits per heavy atom. The molecule has 7 heteroatoms. The maximum Gasteiger partial charge on any atom is 0.125 e. The Morgan fingerprint density at radius 3 is 2.39 bits per heavy atom. The summed E-state index contributed by atoms with van der Waals surface area (Å²) < 4.78 is 19.3. The molecule has 2 heterocycles. The number of rotatable bonds is 3. The number of nitrogens with zero attached hydrogens (tertiary/aromatic N) is 1. The van der Waals surface area contributed by atoms with Gasteiger partial charge in [0.25, 0.3) is 0 Å². The van der Waals surface area contributed by atoms with Gasteiger partial charge in [-0.1, -0.05) is 11.6 Å². The molecular weight excluding hydrogens is 362 g/mol. The van der Waals surface area contributed by atoms with E-state index >= 15 is 0 Å². The fraction of sp³-hybridized carbons (Fsp3) is 0.625. The second-order valence-corrected chi connectivity index (χ2v) is 6.32. The number of hydrogen-bond acceptors (Lipinski definition) is 3. The van der Waals surface area contributed by atoms with Crippen molar-refractivity contribution in [3.8, 4) is 0 Å². The molecule has 0 aliphatic carbocycles. The first kappa shape index (κ1) is 20.9. The molecule has 0 saturated carbocycles. The molecule has 3 rings (SSSR count). The molecule has 2 aliphatic rings. The molecule has 0 aromatic heterocycles. The first-order valence-corrected chi connectivity index (χ1v) is 8.10. The predicted octanol–water partition coefficient (Wildman–Crippen LogP) is 3.70. The molecule has 1 aromatic rings. The van der Waals surface area contributed by atoms with Gasteiger partial charge in [-0.05, 0) is 42.5 Å². The van der Waals surface area contributed by atoms with Gasteiger partial charge >= 0.3 is 0 Å². The van der Waals surface area contributed by atoms with Gasteiger partial charge in [-0.15, -0.1) is 24.8 Å². The van der Waals surface area contributed by atoms with Crippen LogP contribution < -0.4 is 5.32 Å². The zero-order valence-electron chi connectivity index (χ0n) is 13.0. The van der Waals surface area contributed by atoms with Crippen LogP contribution in [0.3, 0.4) is 0 Å². The van der Waals surface area contributed by atoms with Crippen LogP contribution in [0.15, 0.2) is 18.2 Å². The van der Waals surface area contributed by atoms with E-state index in [2.05, 4.69) is 10.2 Å². The molecule has 2 saturated heterocycles. The van der Waals surface area contributed by atoms with Crippen molar-refractivity contribution >= 4 is 36.4 Å². The minimum Gasteiger partial charge on any atom is -0.381 e. The molecule has 1 aromatic carbocycles. The lowest BCUT2D eigenvalue weighted by atomic mass is 9.85. The normalized spacial score (nSPS) is 21.1. The molecule has 2 fully saturated rings. The lowest BCUT2D eigenvalue weighted by Crippen LogP contribution is -2.47. The van der Waals surface area contributed by atoms with E-state index in [0.29, 0.717) is 10.9 Å². The Kier molecular flexibility index (Phi) is 9.12. The maximum absolute atomic E-state index is 13.8. The van der Waals surface area contributed by atoms with E-state index in [9.17, 15) is 4.39 Å². The second-order valence-electron chi connectivity index (χ2n) is 5.88. The zero-order valence-corrected chi connectivity index (χ0v) is 15.4. The van der Waals surface area contributed by atoms with Gasteiger partial charge in [0.1, 0.15) is 5.82 Å². The number of piperazine rings is 1. The first-order chi connectivity index (χ1) is 10.2. The van der Waals surface area contributed by atoms with Crippen molar-refractivity contribution < 1.29 is 9.13 Å². The minimum atomic E-state index is -0.246. The Hall–Kier alpha value is -0.100. The fourth-order valence-electron chi connectivity index (χ4n) is 3.52. The summed E-state index contributed by atoms with van der Waals surface area (Å²) in [6.07, 6.45) is 2.06. The average Bonchev–Trinajstić information content (AvgIpc) is 2.49. The monoisotopic (exact) mass is 384 g/mol. The van der Waals surface area contributed by atoms with Crippen molar-refractivity contribution in [3.63, 3.8) is 0 Å². The lowest BCUT2D eigenvalue weighted by Gasteiger charge is -2.41. The van der Waals surface area contributed by atoms with Crippen molar-refractivity contribution in [1.29, 1.82) is 0 Å². The van der Waals surface area contributed by atoms with Gasteiger partial charge in [0, 0.05) is 50.5 Å². The van der Waals surface area contributed by atoms with E-state index in [1.54, 1.807) is 6.07 Å². The smallest absolute Gasteiger partial charge is 0.125 e. The number of ether oxygens (including phenoxy) is 1. The van der Waals surface area contributed by atoms with Gasteiger partial charge < -0.3 is 10.1 Å². The van der Waals surface area contributed by atoms with Crippen molar-refractivity contribution in [2.45, 2.75) is 18.9 Å². The van der Waals surface area contributed by atoms with Crippen LogP contribution in [0.25, 0.3) is 0 Å². The van der Waals surface area contributed by atoms with Crippen LogP contribution in [0.4, 0.5) is 4.39 Å². The Balaban J connectivity index is 0.00000132. The SMILES string of the molecule is Cl.Cl.Fc1cc(Cl)cc([C@H](C2CCOCC2)N2CCNCC2)c1. The minimum absolute atomic E-state index is 0. The van der Waals surface area contributed by atoms with E-state index < -0.39 is 0 Å². The topological polar surface area (TPSA) is 24.5 Å². The van der Waals surface area contributed by atoms with Gasteiger partial charge in [0.2, 0.25) is 0 Å². The summed E-state index contributed by atoms with van der Waals surface area (Å²) in [5, 5.41) is 3.86. The number of nitrogens with one attached hydrogen (secondary N) is 1. The molecular formula is C16H24Cl3FN2O. The highest BCUT2D eigenvalue weighted by Gasteiger charge is 2.31. The van der Waals surface area contributed by atoms with Crippen LogP contribution in [-0.2, 0) is 4.74 Å². The molecule has 0 spiro atoms. The summed E-state index contributed by atoms with van der Waals surface area (Å²) in [7, 11) is 0. The van der Waals surface area contributed by atoms with Gasteiger partial charge in [-0.3, -0.25) is 4.90 Å². The van der Waals surface area contributed by atoms with Crippen LogP contribution >= 0.6 is 36.4 Å². The summed E-state index contributed by atoms with van der Waals surface area (Å²) in [6, 6.07) is 5.19. The van der Waals surface area contributed by atoms with Crippen LogP contribution in [-0.4, -0.2) is 44.3 Å². The fourth-order valence-corrected chi connectivity index (χ4v) is 3.75. The van der Waals surface area contributed by atoms with Crippen LogP contribution in [0.1, 0.15) is 24.4 Å². The molecule has 0 amide bonds. The Bertz CT molecular complexity index is 442. The highest BCUT2D eigenvalue weighted by Crippen LogP contribution is 2.36. The standard InChI is InChI=1S/C16H22ClFN2O.2ClH/c17-14-9-13(10-15(18)11-14)16(12-1-7-21-8-2-12)20-5-3-19-4-6-20;;/h9-12,16,19H,1-8H2;2*1H/t16-;;/m0../s1. The summed E-state index contributed by atoms with van der Waals surface area (Å²) >= 11 is 6.08. The van der Waals surface area contributed by atoms with E-state index in [4.69, 9.17) is 16.3 Å². The van der Waals surface area contributed by atoms with E-state index in [0.717, 1.165) is 57.8 Å². The predicted molar refractivity (Wildman–Crippen MR) is 96.6 cm³/mol. The molecule has 0 radical (unpaired) electrons. The van der Waals surface area contributed by atoms with Crippen LogP contribution in [0, 0.1) is 11.7 Å². The third-order valence-electron chi connectivity index (χ3n) is 4.48. The summed E-state index contributed by atoms with van der Waals surface area (Å²) in [5.74, 6) is 0.263. The highest BCUT2D eigenvalue weighted by atomic mass is 35.5. The highest BCUT2D eigenvalue weighted by molar-refractivity contribution is 6.30. The first-order valence-electron chi connectivity index (χ1n) is 7.72. The lowest BCUT2D eigenvalue weighted by molar-refractivity contribution is 0.0212. The Morgan fingerprint density at radius 1 is 1.13 bits per heavy atom. The van der Waals surface area contributed by atoms with Gasteiger partial charge in [-0.2, -0.15) is 0 Å². The van der Waals surface area contributed by atoms with Crippen molar-refractivity contribution in [1.82, 2.24) is 10.2 Å². The summed E-state index contributed by atoms with van der Waals surface area (Å²) in [4.78, 5) is 2.47. The second kappa shape index (κ2) is 10.0.